The quantitative estimate of drug-likeness (QED) is 0.501. The number of hydrogen-bond donors (Lipinski definition) is 2. The van der Waals surface area contributed by atoms with Gasteiger partial charge in [0.2, 0.25) is 0 Å². The zero-order valence-corrected chi connectivity index (χ0v) is 18.4. The summed E-state index contributed by atoms with van der Waals surface area (Å²) in [6.45, 7) is 7.26. The molecule has 2 N–H and O–H groups in total. The van der Waals surface area contributed by atoms with E-state index in [0.717, 1.165) is 5.56 Å². The molecule has 0 saturated carbocycles. The van der Waals surface area contributed by atoms with Crippen LogP contribution in [-0.2, 0) is 4.74 Å². The zero-order chi connectivity index (χ0) is 23.2. The molecule has 9 heteroatoms. The minimum atomic E-state index is -1.19. The van der Waals surface area contributed by atoms with Crippen LogP contribution in [0.1, 0.15) is 49.4 Å². The van der Waals surface area contributed by atoms with Crippen molar-refractivity contribution in [3.8, 4) is 11.8 Å². The molecule has 1 unspecified atom stereocenters. The summed E-state index contributed by atoms with van der Waals surface area (Å²) in [5.41, 5.74) is 2.49. The molecular weight excluding hydrogens is 410 g/mol. The summed E-state index contributed by atoms with van der Waals surface area (Å²) < 4.78 is 12.5. The van der Waals surface area contributed by atoms with E-state index in [1.807, 2.05) is 13.0 Å². The second-order valence-corrected chi connectivity index (χ2v) is 8.47. The van der Waals surface area contributed by atoms with Crippen LogP contribution >= 0.6 is 0 Å². The molecule has 4 rings (SSSR count). The maximum Gasteiger partial charge on any atom is 0.419 e. The van der Waals surface area contributed by atoms with Crippen molar-refractivity contribution in [2.45, 2.75) is 39.4 Å². The Bertz CT molecular complexity index is 1390. The zero-order valence-electron chi connectivity index (χ0n) is 18.4. The monoisotopic (exact) mass is 433 g/mol. The van der Waals surface area contributed by atoms with Gasteiger partial charge < -0.3 is 19.6 Å². The maximum atomic E-state index is 12.8. The van der Waals surface area contributed by atoms with Crippen LogP contribution in [-0.4, -0.2) is 43.4 Å². The lowest BCUT2D eigenvalue weighted by molar-refractivity contribution is 0.0544. The van der Waals surface area contributed by atoms with Crippen molar-refractivity contribution < 1.29 is 19.4 Å². The molecule has 0 aliphatic rings. The van der Waals surface area contributed by atoms with Crippen LogP contribution in [0.5, 0.6) is 5.75 Å². The molecule has 9 nitrogen and oxygen atoms in total. The van der Waals surface area contributed by atoms with Crippen LogP contribution in [0, 0.1) is 18.3 Å². The number of hydrogen-bond acceptors (Lipinski definition) is 7. The Morgan fingerprint density at radius 3 is 2.75 bits per heavy atom. The van der Waals surface area contributed by atoms with E-state index in [-0.39, 0.29) is 5.82 Å². The SMILES string of the molecule is COc1cc(C)c2c(ccn2C(=O)OC(C)(C)C)c1C(O)c1nc2ncc(C#N)cc2[nH]1. The van der Waals surface area contributed by atoms with Gasteiger partial charge in [-0.2, -0.15) is 5.26 Å². The van der Waals surface area contributed by atoms with Gasteiger partial charge in [0, 0.05) is 23.3 Å². The highest BCUT2D eigenvalue weighted by molar-refractivity contribution is 5.95. The molecule has 0 radical (unpaired) electrons. The maximum absolute atomic E-state index is 12.8. The third-order valence-corrected chi connectivity index (χ3v) is 4.99. The lowest BCUT2D eigenvalue weighted by atomic mass is 10.00. The Morgan fingerprint density at radius 1 is 1.34 bits per heavy atom. The molecule has 0 amide bonds. The largest absolute Gasteiger partial charge is 0.496 e. The number of aliphatic hydroxyl groups excluding tert-OH is 1. The number of carbonyl (C=O) groups excluding carboxylic acids is 1. The molecule has 1 atom stereocenters. The van der Waals surface area contributed by atoms with E-state index in [1.54, 1.807) is 45.2 Å². The summed E-state index contributed by atoms with van der Waals surface area (Å²) in [7, 11) is 1.51. The Kier molecular flexibility index (Phi) is 5.11. The van der Waals surface area contributed by atoms with Gasteiger partial charge in [0.1, 0.15) is 29.3 Å². The first-order valence-electron chi connectivity index (χ1n) is 9.98. The van der Waals surface area contributed by atoms with Gasteiger partial charge in [0.15, 0.2) is 5.65 Å². The van der Waals surface area contributed by atoms with E-state index in [0.29, 0.717) is 38.9 Å². The summed E-state index contributed by atoms with van der Waals surface area (Å²) in [6.07, 6.45) is 1.33. The minimum Gasteiger partial charge on any atom is -0.496 e. The predicted molar refractivity (Wildman–Crippen MR) is 118 cm³/mol. The van der Waals surface area contributed by atoms with Crippen LogP contribution in [0.3, 0.4) is 0 Å². The first kappa shape index (κ1) is 21.3. The van der Waals surface area contributed by atoms with E-state index in [4.69, 9.17) is 14.7 Å². The Morgan fingerprint density at radius 2 is 2.09 bits per heavy atom. The summed E-state index contributed by atoms with van der Waals surface area (Å²) in [6, 6.07) is 7.14. The van der Waals surface area contributed by atoms with Crippen LogP contribution in [0.25, 0.3) is 22.1 Å². The van der Waals surface area contributed by atoms with E-state index in [2.05, 4.69) is 15.0 Å². The average Bonchev–Trinajstić information content (AvgIpc) is 3.36. The Labute approximate surface area is 184 Å². The van der Waals surface area contributed by atoms with Gasteiger partial charge in [0.05, 0.1) is 23.7 Å². The van der Waals surface area contributed by atoms with Gasteiger partial charge in [-0.05, 0) is 51.5 Å². The van der Waals surface area contributed by atoms with Gasteiger partial charge in [-0.25, -0.2) is 14.8 Å². The molecule has 0 aliphatic heterocycles. The van der Waals surface area contributed by atoms with Crippen molar-refractivity contribution in [2.24, 2.45) is 0 Å². The summed E-state index contributed by atoms with van der Waals surface area (Å²) >= 11 is 0. The molecule has 0 bridgehead atoms. The molecule has 0 aliphatic carbocycles. The van der Waals surface area contributed by atoms with E-state index < -0.39 is 17.8 Å². The van der Waals surface area contributed by atoms with Crippen LogP contribution in [0.2, 0.25) is 0 Å². The normalized spacial score (nSPS) is 12.7. The van der Waals surface area contributed by atoms with Crippen LogP contribution in [0.4, 0.5) is 4.79 Å². The van der Waals surface area contributed by atoms with Gasteiger partial charge in [-0.3, -0.25) is 4.57 Å². The van der Waals surface area contributed by atoms with E-state index >= 15 is 0 Å². The Balaban J connectivity index is 1.87. The highest BCUT2D eigenvalue weighted by atomic mass is 16.6. The number of aryl methyl sites for hydroxylation is 1. The standard InChI is InChI=1S/C23H23N5O4/c1-12-8-16(31-5)17(14-6-7-28(18(12)14)22(30)32-23(2,3)4)19(29)21-26-15-9-13(10-24)11-25-20(15)27-21/h6-9,11,19,29H,1-5H3,(H,25,26,27). The average molecular weight is 433 g/mol. The van der Waals surface area contributed by atoms with Gasteiger partial charge >= 0.3 is 6.09 Å². The number of nitriles is 1. The number of fused-ring (bicyclic) bond motifs is 2. The number of imidazole rings is 1. The lowest BCUT2D eigenvalue weighted by Crippen LogP contribution is -2.26. The number of carbonyl (C=O) groups is 1. The number of aliphatic hydroxyl groups is 1. The number of ether oxygens (including phenoxy) is 2. The fourth-order valence-corrected chi connectivity index (χ4v) is 3.69. The lowest BCUT2D eigenvalue weighted by Gasteiger charge is -2.21. The van der Waals surface area contributed by atoms with Crippen LogP contribution in [0.15, 0.2) is 30.6 Å². The topological polar surface area (TPSA) is 126 Å². The smallest absolute Gasteiger partial charge is 0.419 e. The number of rotatable bonds is 3. The number of nitrogens with one attached hydrogen (secondary N) is 1. The molecule has 0 saturated heterocycles. The first-order chi connectivity index (χ1) is 15.1. The Hall–Kier alpha value is -3.90. The van der Waals surface area contributed by atoms with Crippen molar-refractivity contribution >= 4 is 28.2 Å². The fourth-order valence-electron chi connectivity index (χ4n) is 3.69. The number of benzene rings is 1. The van der Waals surface area contributed by atoms with Gasteiger partial charge in [0.25, 0.3) is 0 Å². The summed E-state index contributed by atoms with van der Waals surface area (Å²) in [4.78, 5) is 24.3. The van der Waals surface area contributed by atoms with Gasteiger partial charge in [-0.15, -0.1) is 0 Å². The predicted octanol–water partition coefficient (Wildman–Crippen LogP) is 3.97. The van der Waals surface area contributed by atoms with E-state index in [9.17, 15) is 9.90 Å². The molecular formula is C23H23N5O4. The number of methoxy groups -OCH3 is 1. The summed E-state index contributed by atoms with van der Waals surface area (Å²) in [5, 5.41) is 21.0. The van der Waals surface area contributed by atoms with E-state index in [1.165, 1.54) is 17.9 Å². The minimum absolute atomic E-state index is 0.246. The second kappa shape index (κ2) is 7.66. The summed E-state index contributed by atoms with van der Waals surface area (Å²) in [5.74, 6) is 0.701. The third kappa shape index (κ3) is 3.65. The number of nitrogens with zero attached hydrogens (tertiary/aromatic N) is 4. The molecule has 0 fully saturated rings. The third-order valence-electron chi connectivity index (χ3n) is 4.99. The molecule has 3 aromatic heterocycles. The first-order valence-corrected chi connectivity index (χ1v) is 9.98. The fraction of sp³-hybridized carbons (Fsp3) is 0.304. The number of aromatic amines is 1. The molecule has 164 valence electrons. The van der Waals surface area contributed by atoms with Crippen molar-refractivity contribution in [3.63, 3.8) is 0 Å². The molecule has 0 spiro atoms. The van der Waals surface area contributed by atoms with Crippen molar-refractivity contribution in [1.82, 2.24) is 19.5 Å². The van der Waals surface area contributed by atoms with Gasteiger partial charge in [-0.1, -0.05) is 0 Å². The number of H-pyrrole nitrogens is 1. The molecule has 4 aromatic rings. The van der Waals surface area contributed by atoms with Crippen molar-refractivity contribution in [2.75, 3.05) is 7.11 Å². The van der Waals surface area contributed by atoms with Crippen LogP contribution < -0.4 is 4.74 Å². The number of pyridine rings is 1. The molecule has 1 aromatic carbocycles. The van der Waals surface area contributed by atoms with Crippen molar-refractivity contribution in [1.29, 1.82) is 5.26 Å². The molecule has 3 heterocycles. The molecule has 32 heavy (non-hydrogen) atoms. The number of aromatic nitrogens is 4. The van der Waals surface area contributed by atoms with Crippen molar-refractivity contribution in [3.05, 3.63) is 53.1 Å². The highest BCUT2D eigenvalue weighted by Gasteiger charge is 2.27. The second-order valence-electron chi connectivity index (χ2n) is 8.47. The highest BCUT2D eigenvalue weighted by Crippen LogP contribution is 2.38.